The average Bonchev–Trinajstić information content (AvgIpc) is 3.32. The number of benzene rings is 2. The van der Waals surface area contributed by atoms with Crippen LogP contribution in [0.5, 0.6) is 0 Å². The van der Waals surface area contributed by atoms with Crippen molar-refractivity contribution in [3.05, 3.63) is 66.4 Å². The molecule has 1 amide bonds. The third-order valence-electron chi connectivity index (χ3n) is 6.52. The zero-order valence-corrected chi connectivity index (χ0v) is 22.4. The minimum absolute atomic E-state index is 0.00334. The number of carbonyl (C=O) groups excluding carboxylic acids is 1. The predicted molar refractivity (Wildman–Crippen MR) is 151 cm³/mol. The van der Waals surface area contributed by atoms with E-state index in [1.807, 2.05) is 41.2 Å². The Balaban J connectivity index is 1.23. The van der Waals surface area contributed by atoms with Crippen molar-refractivity contribution in [2.45, 2.75) is 56.5 Å². The van der Waals surface area contributed by atoms with E-state index < -0.39 is 0 Å². The van der Waals surface area contributed by atoms with Crippen molar-refractivity contribution in [3.8, 4) is 11.1 Å². The van der Waals surface area contributed by atoms with Crippen LogP contribution in [0.3, 0.4) is 0 Å². The molecular formula is C29H34N6OS. The SMILES string of the molecule is CC(C)Sc1nc(N2CCCCC2)c2cnn(CCNC(=O)Cc3ccc(-c4ccccc4)cc3)c2n1. The molecule has 1 N–H and O–H groups in total. The Labute approximate surface area is 222 Å². The molecule has 1 saturated heterocycles. The molecule has 2 aromatic heterocycles. The van der Waals surface area contributed by atoms with Crippen LogP contribution in [-0.4, -0.2) is 50.5 Å². The molecule has 192 valence electrons. The number of piperidine rings is 1. The molecule has 0 saturated carbocycles. The highest BCUT2D eigenvalue weighted by Crippen LogP contribution is 2.30. The smallest absolute Gasteiger partial charge is 0.224 e. The van der Waals surface area contributed by atoms with Gasteiger partial charge in [0, 0.05) is 24.9 Å². The number of thioether (sulfide) groups is 1. The van der Waals surface area contributed by atoms with Crippen LogP contribution in [0, 0.1) is 0 Å². The number of amides is 1. The fourth-order valence-electron chi connectivity index (χ4n) is 4.69. The van der Waals surface area contributed by atoms with E-state index in [4.69, 9.17) is 9.97 Å². The Bertz CT molecular complexity index is 1330. The molecule has 0 aliphatic carbocycles. The Morgan fingerprint density at radius 1 is 0.973 bits per heavy atom. The number of carbonyl (C=O) groups is 1. The van der Waals surface area contributed by atoms with Crippen LogP contribution in [0.25, 0.3) is 22.2 Å². The normalized spacial score (nSPS) is 13.9. The van der Waals surface area contributed by atoms with E-state index in [1.165, 1.54) is 24.8 Å². The summed E-state index contributed by atoms with van der Waals surface area (Å²) in [5.74, 6) is 0.991. The highest BCUT2D eigenvalue weighted by atomic mass is 32.2. The van der Waals surface area contributed by atoms with Gasteiger partial charge < -0.3 is 10.2 Å². The summed E-state index contributed by atoms with van der Waals surface area (Å²) in [6.45, 7) is 7.40. The Morgan fingerprint density at radius 2 is 1.70 bits per heavy atom. The highest BCUT2D eigenvalue weighted by Gasteiger charge is 2.20. The second-order valence-electron chi connectivity index (χ2n) is 9.74. The standard InChI is InChI=1S/C29H34N6OS/c1-21(2)37-29-32-27(34-16-7-4-8-17-34)25-20-31-35(28(25)33-29)18-15-30-26(36)19-22-11-13-24(14-12-22)23-9-5-3-6-10-23/h3,5-6,9-14,20-21H,4,7-8,15-19H2,1-2H3,(H,30,36). The molecule has 5 rings (SSSR count). The molecule has 0 unspecified atom stereocenters. The minimum atomic E-state index is 0.00334. The van der Waals surface area contributed by atoms with Crippen molar-refractivity contribution in [2.24, 2.45) is 0 Å². The molecule has 4 aromatic rings. The zero-order chi connectivity index (χ0) is 25.6. The van der Waals surface area contributed by atoms with Gasteiger partial charge in [-0.25, -0.2) is 14.6 Å². The fourth-order valence-corrected chi connectivity index (χ4v) is 5.39. The number of rotatable bonds is 9. The van der Waals surface area contributed by atoms with Crippen LogP contribution in [-0.2, 0) is 17.8 Å². The molecule has 3 heterocycles. The molecule has 37 heavy (non-hydrogen) atoms. The van der Waals surface area contributed by atoms with Crippen molar-refractivity contribution in [1.82, 2.24) is 25.1 Å². The van der Waals surface area contributed by atoms with Crippen molar-refractivity contribution < 1.29 is 4.79 Å². The third kappa shape index (κ3) is 6.31. The predicted octanol–water partition coefficient (Wildman–Crippen LogP) is 5.34. The number of nitrogens with one attached hydrogen (secondary N) is 1. The van der Waals surface area contributed by atoms with Gasteiger partial charge in [-0.3, -0.25) is 4.79 Å². The Kier molecular flexibility index (Phi) is 8.04. The van der Waals surface area contributed by atoms with E-state index in [2.05, 4.69) is 53.4 Å². The van der Waals surface area contributed by atoms with Crippen LogP contribution in [0.15, 0.2) is 66.0 Å². The monoisotopic (exact) mass is 514 g/mol. The van der Waals surface area contributed by atoms with Gasteiger partial charge >= 0.3 is 0 Å². The van der Waals surface area contributed by atoms with Crippen molar-refractivity contribution >= 4 is 34.5 Å². The maximum absolute atomic E-state index is 12.6. The first-order valence-corrected chi connectivity index (χ1v) is 14.0. The maximum Gasteiger partial charge on any atom is 0.224 e. The number of hydrogen-bond acceptors (Lipinski definition) is 6. The summed E-state index contributed by atoms with van der Waals surface area (Å²) in [5, 5.41) is 9.83. The zero-order valence-electron chi connectivity index (χ0n) is 21.6. The van der Waals surface area contributed by atoms with Crippen LogP contribution < -0.4 is 10.2 Å². The largest absolute Gasteiger partial charge is 0.356 e. The Hall–Kier alpha value is -3.39. The third-order valence-corrected chi connectivity index (χ3v) is 7.39. The summed E-state index contributed by atoms with van der Waals surface area (Å²) in [5.41, 5.74) is 4.16. The number of fused-ring (bicyclic) bond motifs is 1. The van der Waals surface area contributed by atoms with Crippen molar-refractivity contribution in [3.63, 3.8) is 0 Å². The molecule has 1 aliphatic heterocycles. The minimum Gasteiger partial charge on any atom is -0.356 e. The highest BCUT2D eigenvalue weighted by molar-refractivity contribution is 7.99. The fraction of sp³-hybridized carbons (Fsp3) is 0.379. The van der Waals surface area contributed by atoms with Gasteiger partial charge in [-0.1, -0.05) is 80.2 Å². The van der Waals surface area contributed by atoms with Crippen molar-refractivity contribution in [2.75, 3.05) is 24.5 Å². The molecule has 0 radical (unpaired) electrons. The summed E-state index contributed by atoms with van der Waals surface area (Å²) < 4.78 is 1.89. The van der Waals surface area contributed by atoms with Crippen LogP contribution in [0.4, 0.5) is 5.82 Å². The number of anilines is 1. The van der Waals surface area contributed by atoms with Gasteiger partial charge in [0.25, 0.3) is 0 Å². The second-order valence-corrected chi connectivity index (χ2v) is 11.3. The van der Waals surface area contributed by atoms with E-state index in [-0.39, 0.29) is 5.91 Å². The quantitative estimate of drug-likeness (QED) is 0.240. The van der Waals surface area contributed by atoms with Gasteiger partial charge in [0.05, 0.1) is 24.5 Å². The van der Waals surface area contributed by atoms with Gasteiger partial charge in [0.2, 0.25) is 5.91 Å². The molecule has 1 fully saturated rings. The molecular weight excluding hydrogens is 480 g/mol. The van der Waals surface area contributed by atoms with Gasteiger partial charge in [-0.15, -0.1) is 0 Å². The summed E-state index contributed by atoms with van der Waals surface area (Å²) in [4.78, 5) is 24.7. The summed E-state index contributed by atoms with van der Waals surface area (Å²) >= 11 is 1.67. The van der Waals surface area contributed by atoms with E-state index in [9.17, 15) is 4.79 Å². The average molecular weight is 515 g/mol. The molecule has 8 heteroatoms. The Morgan fingerprint density at radius 3 is 2.43 bits per heavy atom. The summed E-state index contributed by atoms with van der Waals surface area (Å²) in [6, 6.07) is 18.4. The molecule has 0 atom stereocenters. The maximum atomic E-state index is 12.6. The summed E-state index contributed by atoms with van der Waals surface area (Å²) in [6.07, 6.45) is 5.87. The second kappa shape index (κ2) is 11.8. The number of aromatic nitrogens is 4. The van der Waals surface area contributed by atoms with Gasteiger partial charge in [0.15, 0.2) is 10.8 Å². The lowest BCUT2D eigenvalue weighted by molar-refractivity contribution is -0.120. The van der Waals surface area contributed by atoms with Crippen LogP contribution in [0.2, 0.25) is 0 Å². The van der Waals surface area contributed by atoms with Crippen LogP contribution in [0.1, 0.15) is 38.7 Å². The first-order valence-electron chi connectivity index (χ1n) is 13.1. The lowest BCUT2D eigenvalue weighted by Gasteiger charge is -2.28. The number of hydrogen-bond donors (Lipinski definition) is 1. The van der Waals surface area contributed by atoms with Crippen LogP contribution >= 0.6 is 11.8 Å². The van der Waals surface area contributed by atoms with Gasteiger partial charge in [-0.2, -0.15) is 5.10 Å². The van der Waals surface area contributed by atoms with Gasteiger partial charge in [-0.05, 0) is 36.0 Å². The van der Waals surface area contributed by atoms with E-state index in [0.29, 0.717) is 24.8 Å². The lowest BCUT2D eigenvalue weighted by atomic mass is 10.0. The van der Waals surface area contributed by atoms with E-state index in [1.54, 1.807) is 11.8 Å². The van der Waals surface area contributed by atoms with Crippen molar-refractivity contribution in [1.29, 1.82) is 0 Å². The molecule has 2 aromatic carbocycles. The first-order chi connectivity index (χ1) is 18.1. The van der Waals surface area contributed by atoms with Gasteiger partial charge in [0.1, 0.15) is 5.82 Å². The van der Waals surface area contributed by atoms with E-state index in [0.717, 1.165) is 46.2 Å². The molecule has 0 bridgehead atoms. The molecule has 7 nitrogen and oxygen atoms in total. The number of nitrogens with zero attached hydrogens (tertiary/aromatic N) is 5. The first kappa shape index (κ1) is 25.3. The molecule has 0 spiro atoms. The lowest BCUT2D eigenvalue weighted by Crippen LogP contribution is -2.30. The summed E-state index contributed by atoms with van der Waals surface area (Å²) in [7, 11) is 0. The topological polar surface area (TPSA) is 75.9 Å². The van der Waals surface area contributed by atoms with E-state index >= 15 is 0 Å². The molecule has 1 aliphatic rings.